The molecule has 0 amide bonds. The van der Waals surface area contributed by atoms with E-state index in [0.29, 0.717) is 5.56 Å². The number of carbonyl (C=O) groups is 1. The van der Waals surface area contributed by atoms with E-state index in [0.717, 1.165) is 0 Å². The number of hydrogen-bond acceptors (Lipinski definition) is 2. The van der Waals surface area contributed by atoms with E-state index in [2.05, 4.69) is 5.32 Å². The zero-order valence-corrected chi connectivity index (χ0v) is 10.1. The highest BCUT2D eigenvalue weighted by molar-refractivity contribution is 6.34. The molecule has 0 aliphatic carbocycles. The van der Waals surface area contributed by atoms with Gasteiger partial charge in [0.2, 0.25) is 0 Å². The number of alkyl halides is 3. The van der Waals surface area contributed by atoms with Crippen molar-refractivity contribution in [3.8, 4) is 0 Å². The molecule has 100 valence electrons. The average Bonchev–Trinajstić information content (AvgIpc) is 2.22. The third-order valence-electron chi connectivity index (χ3n) is 2.38. The molecule has 7 heteroatoms. The summed E-state index contributed by atoms with van der Waals surface area (Å²) in [6.07, 6.45) is -4.80. The van der Waals surface area contributed by atoms with Gasteiger partial charge in [-0.3, -0.25) is 4.79 Å². The summed E-state index contributed by atoms with van der Waals surface area (Å²) in [5.41, 5.74) is 0.979. The third-order valence-corrected chi connectivity index (χ3v) is 2.88. The maximum Gasteiger partial charge on any atom is 0.403 e. The molecule has 0 aliphatic rings. The first-order valence-corrected chi connectivity index (χ1v) is 5.39. The fourth-order valence-electron chi connectivity index (χ4n) is 1.34. The minimum absolute atomic E-state index is 0.281. The standard InChI is InChI=1S/C11H11ClF3NO2/c1-6-3-2-4-8(9(6)12)16-5-7(10(17)18)11(13,14)15/h2-4,7,16H,5H2,1H3,(H,17,18). The summed E-state index contributed by atoms with van der Waals surface area (Å²) < 4.78 is 37.2. The molecule has 18 heavy (non-hydrogen) atoms. The Hall–Kier alpha value is -1.43. The Morgan fingerprint density at radius 3 is 2.61 bits per heavy atom. The molecule has 1 aromatic carbocycles. The van der Waals surface area contributed by atoms with Crippen molar-refractivity contribution in [3.05, 3.63) is 28.8 Å². The second-order valence-corrected chi connectivity index (χ2v) is 4.13. The highest BCUT2D eigenvalue weighted by Crippen LogP contribution is 2.29. The fourth-order valence-corrected chi connectivity index (χ4v) is 1.53. The number of aliphatic carboxylic acids is 1. The Balaban J connectivity index is 2.80. The van der Waals surface area contributed by atoms with E-state index >= 15 is 0 Å². The van der Waals surface area contributed by atoms with Crippen LogP contribution in [0.5, 0.6) is 0 Å². The Morgan fingerprint density at radius 1 is 1.50 bits per heavy atom. The van der Waals surface area contributed by atoms with Crippen molar-refractivity contribution in [1.82, 2.24) is 0 Å². The first-order chi connectivity index (χ1) is 8.23. The predicted octanol–water partition coefficient (Wildman–Crippen LogP) is 3.32. The zero-order chi connectivity index (χ0) is 13.9. The molecule has 0 spiro atoms. The quantitative estimate of drug-likeness (QED) is 0.890. The smallest absolute Gasteiger partial charge is 0.403 e. The first kappa shape index (κ1) is 14.6. The molecule has 0 aliphatic heterocycles. The van der Waals surface area contributed by atoms with Gasteiger partial charge in [0, 0.05) is 6.54 Å². The molecule has 2 N–H and O–H groups in total. The lowest BCUT2D eigenvalue weighted by Crippen LogP contribution is -2.36. The van der Waals surface area contributed by atoms with Crippen molar-refractivity contribution in [2.45, 2.75) is 13.1 Å². The van der Waals surface area contributed by atoms with Gasteiger partial charge >= 0.3 is 12.1 Å². The van der Waals surface area contributed by atoms with Gasteiger partial charge in [-0.1, -0.05) is 23.7 Å². The minimum atomic E-state index is -4.80. The zero-order valence-electron chi connectivity index (χ0n) is 9.38. The highest BCUT2D eigenvalue weighted by atomic mass is 35.5. The number of carboxylic acid groups (broad SMARTS) is 1. The van der Waals surface area contributed by atoms with Crippen LogP contribution in [0.3, 0.4) is 0 Å². The number of rotatable bonds is 4. The maximum atomic E-state index is 12.4. The monoisotopic (exact) mass is 281 g/mol. The average molecular weight is 282 g/mol. The van der Waals surface area contributed by atoms with Crippen LogP contribution in [0.2, 0.25) is 5.02 Å². The fraction of sp³-hybridized carbons (Fsp3) is 0.364. The molecule has 0 aromatic heterocycles. The molecular weight excluding hydrogens is 271 g/mol. The second-order valence-electron chi connectivity index (χ2n) is 3.75. The van der Waals surface area contributed by atoms with Crippen LogP contribution in [0.15, 0.2) is 18.2 Å². The molecule has 0 radical (unpaired) electrons. The normalized spacial score (nSPS) is 13.2. The van der Waals surface area contributed by atoms with E-state index in [1.54, 1.807) is 19.1 Å². The van der Waals surface area contributed by atoms with Crippen molar-refractivity contribution < 1.29 is 23.1 Å². The Labute approximate surface area is 107 Å². The lowest BCUT2D eigenvalue weighted by atomic mass is 10.1. The highest BCUT2D eigenvalue weighted by Gasteiger charge is 2.44. The van der Waals surface area contributed by atoms with Crippen LogP contribution in [0.1, 0.15) is 5.56 Å². The molecule has 0 fully saturated rings. The Bertz CT molecular complexity index is 448. The summed E-state index contributed by atoms with van der Waals surface area (Å²) in [7, 11) is 0. The van der Waals surface area contributed by atoms with E-state index in [1.807, 2.05) is 0 Å². The van der Waals surface area contributed by atoms with Crippen molar-refractivity contribution in [1.29, 1.82) is 0 Å². The summed E-state index contributed by atoms with van der Waals surface area (Å²) >= 11 is 5.88. The van der Waals surface area contributed by atoms with Gasteiger partial charge in [-0.15, -0.1) is 0 Å². The minimum Gasteiger partial charge on any atom is -0.481 e. The van der Waals surface area contributed by atoms with E-state index in [9.17, 15) is 18.0 Å². The summed E-state index contributed by atoms with van der Waals surface area (Å²) in [5, 5.41) is 11.2. The van der Waals surface area contributed by atoms with Crippen molar-refractivity contribution >= 4 is 23.3 Å². The summed E-state index contributed by atoms with van der Waals surface area (Å²) in [4.78, 5) is 10.5. The van der Waals surface area contributed by atoms with Gasteiger partial charge < -0.3 is 10.4 Å². The molecule has 0 saturated heterocycles. The van der Waals surface area contributed by atoms with Gasteiger partial charge in [-0.05, 0) is 18.6 Å². The van der Waals surface area contributed by atoms with Gasteiger partial charge in [0.15, 0.2) is 5.92 Å². The Kier molecular flexibility index (Phi) is 4.45. The third kappa shape index (κ3) is 3.53. The number of anilines is 1. The van der Waals surface area contributed by atoms with E-state index in [4.69, 9.17) is 16.7 Å². The van der Waals surface area contributed by atoms with Crippen molar-refractivity contribution in [2.75, 3.05) is 11.9 Å². The Morgan fingerprint density at radius 2 is 2.11 bits per heavy atom. The molecular formula is C11H11ClF3NO2. The van der Waals surface area contributed by atoms with E-state index in [1.165, 1.54) is 6.07 Å². The van der Waals surface area contributed by atoms with E-state index < -0.39 is 24.6 Å². The van der Waals surface area contributed by atoms with Crippen LogP contribution >= 0.6 is 11.6 Å². The number of halogens is 4. The number of hydrogen-bond donors (Lipinski definition) is 2. The molecule has 1 rings (SSSR count). The van der Waals surface area contributed by atoms with Gasteiger partial charge in [0.05, 0.1) is 10.7 Å². The van der Waals surface area contributed by atoms with E-state index in [-0.39, 0.29) is 10.7 Å². The number of benzene rings is 1. The van der Waals surface area contributed by atoms with Crippen LogP contribution in [-0.4, -0.2) is 23.8 Å². The van der Waals surface area contributed by atoms with Crippen LogP contribution in [0.4, 0.5) is 18.9 Å². The van der Waals surface area contributed by atoms with Crippen LogP contribution in [0, 0.1) is 12.8 Å². The van der Waals surface area contributed by atoms with Crippen molar-refractivity contribution in [3.63, 3.8) is 0 Å². The van der Waals surface area contributed by atoms with Gasteiger partial charge in [-0.2, -0.15) is 13.2 Å². The van der Waals surface area contributed by atoms with Crippen LogP contribution < -0.4 is 5.32 Å². The maximum absolute atomic E-state index is 12.4. The molecule has 0 bridgehead atoms. The molecule has 3 nitrogen and oxygen atoms in total. The SMILES string of the molecule is Cc1cccc(NCC(C(=O)O)C(F)(F)F)c1Cl. The number of aryl methyl sites for hydroxylation is 1. The van der Waals surface area contributed by atoms with Gasteiger partial charge in [0.1, 0.15) is 0 Å². The topological polar surface area (TPSA) is 49.3 Å². The molecule has 0 heterocycles. The summed E-state index contributed by atoms with van der Waals surface area (Å²) in [6.45, 7) is 0.938. The second kappa shape index (κ2) is 5.48. The lowest BCUT2D eigenvalue weighted by Gasteiger charge is -2.18. The first-order valence-electron chi connectivity index (χ1n) is 5.02. The summed E-state index contributed by atoms with van der Waals surface area (Å²) in [5.74, 6) is -4.38. The molecule has 1 aromatic rings. The molecule has 0 saturated carbocycles. The van der Waals surface area contributed by atoms with Gasteiger partial charge in [0.25, 0.3) is 0 Å². The molecule has 1 atom stereocenters. The number of carboxylic acids is 1. The van der Waals surface area contributed by atoms with Crippen LogP contribution in [0.25, 0.3) is 0 Å². The van der Waals surface area contributed by atoms with Gasteiger partial charge in [-0.25, -0.2) is 0 Å². The molecule has 1 unspecified atom stereocenters. The van der Waals surface area contributed by atoms with Crippen LogP contribution in [-0.2, 0) is 4.79 Å². The number of nitrogens with one attached hydrogen (secondary N) is 1. The largest absolute Gasteiger partial charge is 0.481 e. The summed E-state index contributed by atoms with van der Waals surface area (Å²) in [6, 6.07) is 4.81. The predicted molar refractivity (Wildman–Crippen MR) is 61.9 cm³/mol. The lowest BCUT2D eigenvalue weighted by molar-refractivity contribution is -0.190. The van der Waals surface area contributed by atoms with Crippen molar-refractivity contribution in [2.24, 2.45) is 5.92 Å².